The lowest BCUT2D eigenvalue weighted by Gasteiger charge is -2.35. The van der Waals surface area contributed by atoms with Crippen LogP contribution in [0.1, 0.15) is 42.6 Å². The van der Waals surface area contributed by atoms with Gasteiger partial charge in [-0.25, -0.2) is 14.6 Å². The van der Waals surface area contributed by atoms with Crippen molar-refractivity contribution >= 4 is 29.3 Å². The van der Waals surface area contributed by atoms with E-state index in [4.69, 9.17) is 5.73 Å². The molecule has 3 aromatic rings. The summed E-state index contributed by atoms with van der Waals surface area (Å²) in [5, 5.41) is 20.2. The molecule has 5 amide bonds. The maximum Gasteiger partial charge on any atom is 0.322 e. The smallest absolute Gasteiger partial charge is 0.322 e. The second kappa shape index (κ2) is 13.4. The molecule has 2 aliphatic rings. The molecule has 0 bridgehead atoms. The Morgan fingerprint density at radius 1 is 1.00 bits per heavy atom. The number of fused-ring (bicyclic) bond motifs is 1. The normalized spacial score (nSPS) is 19.6. The number of carbonyl (C=O) groups excluding carboxylic acids is 3. The summed E-state index contributed by atoms with van der Waals surface area (Å²) in [5.41, 5.74) is 7.75. The van der Waals surface area contributed by atoms with Crippen LogP contribution in [0.5, 0.6) is 0 Å². The van der Waals surface area contributed by atoms with Gasteiger partial charge >= 0.3 is 12.1 Å². The quantitative estimate of drug-likeness (QED) is 0.220. The monoisotopic (exact) mass is 588 g/mol. The third-order valence-corrected chi connectivity index (χ3v) is 8.25. The minimum absolute atomic E-state index is 0.00653. The second-order valence-corrected chi connectivity index (χ2v) is 11.2. The zero-order valence-corrected chi connectivity index (χ0v) is 23.8. The SMILES string of the molecule is NC(=O)NCC1CCCC(CNC(=O)C2Cc3ncn(Cc4ccccc4[N+](=O)[O-])c3CN2C(=O)Nc2ccccc2)C1. The van der Waals surface area contributed by atoms with Gasteiger partial charge in [0.25, 0.3) is 5.69 Å². The highest BCUT2D eigenvalue weighted by molar-refractivity contribution is 5.94. The predicted molar refractivity (Wildman–Crippen MR) is 159 cm³/mol. The lowest BCUT2D eigenvalue weighted by molar-refractivity contribution is -0.385. The molecule has 1 aliphatic carbocycles. The molecule has 3 unspecified atom stereocenters. The number of para-hydroxylation sites is 2. The fourth-order valence-electron chi connectivity index (χ4n) is 6.05. The lowest BCUT2D eigenvalue weighted by Crippen LogP contribution is -2.54. The van der Waals surface area contributed by atoms with E-state index in [1.807, 2.05) is 18.2 Å². The van der Waals surface area contributed by atoms with Crippen LogP contribution >= 0.6 is 0 Å². The van der Waals surface area contributed by atoms with Crippen molar-refractivity contribution in [1.29, 1.82) is 0 Å². The third kappa shape index (κ3) is 7.29. The number of rotatable bonds is 9. The van der Waals surface area contributed by atoms with E-state index in [0.29, 0.717) is 36.0 Å². The fraction of sp³-hybridized carbons (Fsp3) is 0.400. The number of urea groups is 2. The number of nitrogens with one attached hydrogen (secondary N) is 3. The van der Waals surface area contributed by atoms with Crippen molar-refractivity contribution in [1.82, 2.24) is 25.1 Å². The molecule has 0 spiro atoms. The van der Waals surface area contributed by atoms with E-state index in [2.05, 4.69) is 20.9 Å². The van der Waals surface area contributed by atoms with Gasteiger partial charge < -0.3 is 31.2 Å². The number of imidazole rings is 1. The summed E-state index contributed by atoms with van der Waals surface area (Å²) in [4.78, 5) is 55.5. The van der Waals surface area contributed by atoms with Gasteiger partial charge in [0.15, 0.2) is 0 Å². The number of hydrogen-bond acceptors (Lipinski definition) is 6. The summed E-state index contributed by atoms with van der Waals surface area (Å²) < 4.78 is 1.80. The first kappa shape index (κ1) is 29.5. The number of aromatic nitrogens is 2. The minimum Gasteiger partial charge on any atom is -0.354 e. The van der Waals surface area contributed by atoms with Crippen LogP contribution in [-0.2, 0) is 24.3 Å². The number of anilines is 1. The van der Waals surface area contributed by atoms with E-state index in [-0.39, 0.29) is 37.0 Å². The molecule has 1 fully saturated rings. The topological polar surface area (TPSA) is 178 Å². The van der Waals surface area contributed by atoms with Gasteiger partial charge in [-0.2, -0.15) is 0 Å². The number of nitrogens with zero attached hydrogens (tertiary/aromatic N) is 4. The standard InChI is InChI=1S/C30H36N8O5/c31-29(40)33-16-21-8-6-7-20(13-21)15-32-28(39)26-14-24-27(18-37(26)30(41)35-23-10-2-1-3-11-23)36(19-34-24)17-22-9-4-5-12-25(22)38(42)43/h1-5,9-12,19-21,26H,6-8,13-18H2,(H,32,39)(H,35,41)(H3,31,33,40). The molecule has 13 nitrogen and oxygen atoms in total. The Morgan fingerprint density at radius 3 is 2.42 bits per heavy atom. The first-order valence-electron chi connectivity index (χ1n) is 14.5. The number of nitro groups is 1. The van der Waals surface area contributed by atoms with Gasteiger partial charge in [-0.15, -0.1) is 0 Å². The molecule has 13 heteroatoms. The van der Waals surface area contributed by atoms with E-state index in [9.17, 15) is 24.5 Å². The van der Waals surface area contributed by atoms with Gasteiger partial charge in [0.2, 0.25) is 5.91 Å². The summed E-state index contributed by atoms with van der Waals surface area (Å²) in [6, 6.07) is 13.8. The molecule has 0 saturated heterocycles. The molecule has 1 saturated carbocycles. The van der Waals surface area contributed by atoms with Crippen molar-refractivity contribution in [3.05, 3.63) is 88.0 Å². The van der Waals surface area contributed by atoms with Gasteiger partial charge in [0, 0.05) is 36.8 Å². The summed E-state index contributed by atoms with van der Waals surface area (Å²) in [6.45, 7) is 1.30. The average molecular weight is 589 g/mol. The van der Waals surface area contributed by atoms with Crippen LogP contribution in [0.25, 0.3) is 0 Å². The van der Waals surface area contributed by atoms with Crippen LogP contribution in [0.2, 0.25) is 0 Å². The fourth-order valence-corrected chi connectivity index (χ4v) is 6.05. The second-order valence-electron chi connectivity index (χ2n) is 11.2. The number of carbonyl (C=O) groups is 3. The maximum atomic E-state index is 13.6. The maximum absolute atomic E-state index is 13.6. The molecule has 1 aromatic heterocycles. The number of nitro benzene ring substituents is 1. The molecule has 3 atom stereocenters. The molecular formula is C30H36N8O5. The highest BCUT2D eigenvalue weighted by Crippen LogP contribution is 2.29. The molecule has 0 radical (unpaired) electrons. The highest BCUT2D eigenvalue weighted by Gasteiger charge is 2.37. The van der Waals surface area contributed by atoms with Gasteiger partial charge in [-0.3, -0.25) is 14.9 Å². The van der Waals surface area contributed by atoms with Crippen molar-refractivity contribution in [2.75, 3.05) is 18.4 Å². The van der Waals surface area contributed by atoms with Crippen LogP contribution in [0.15, 0.2) is 60.9 Å². The van der Waals surface area contributed by atoms with Crippen molar-refractivity contribution < 1.29 is 19.3 Å². The molecule has 5 N–H and O–H groups in total. The summed E-state index contributed by atoms with van der Waals surface area (Å²) in [6.07, 6.45) is 5.65. The Hall–Kier alpha value is -4.94. The van der Waals surface area contributed by atoms with Gasteiger partial charge in [-0.1, -0.05) is 42.8 Å². The number of benzene rings is 2. The van der Waals surface area contributed by atoms with E-state index >= 15 is 0 Å². The molecule has 1 aliphatic heterocycles. The highest BCUT2D eigenvalue weighted by atomic mass is 16.6. The summed E-state index contributed by atoms with van der Waals surface area (Å²) in [5.74, 6) is 0.293. The summed E-state index contributed by atoms with van der Waals surface area (Å²) >= 11 is 0. The first-order valence-corrected chi connectivity index (χ1v) is 14.5. The Labute approximate surface area is 249 Å². The number of nitrogens with two attached hydrogens (primary N) is 1. The molecule has 226 valence electrons. The van der Waals surface area contributed by atoms with E-state index in [0.717, 1.165) is 31.4 Å². The van der Waals surface area contributed by atoms with Gasteiger partial charge in [0.05, 0.1) is 35.7 Å². The van der Waals surface area contributed by atoms with E-state index < -0.39 is 23.0 Å². The van der Waals surface area contributed by atoms with Gasteiger partial charge in [-0.05, 0) is 43.2 Å². The van der Waals surface area contributed by atoms with Crippen LogP contribution in [0.4, 0.5) is 21.0 Å². The Bertz CT molecular complexity index is 1480. The third-order valence-electron chi connectivity index (χ3n) is 8.25. The zero-order chi connectivity index (χ0) is 30.3. The summed E-state index contributed by atoms with van der Waals surface area (Å²) in [7, 11) is 0. The van der Waals surface area contributed by atoms with Crippen molar-refractivity contribution in [3.63, 3.8) is 0 Å². The molecule has 2 aromatic carbocycles. The lowest BCUT2D eigenvalue weighted by atomic mass is 9.81. The zero-order valence-electron chi connectivity index (χ0n) is 23.8. The Kier molecular flexibility index (Phi) is 9.18. The molecule has 2 heterocycles. The molecular weight excluding hydrogens is 552 g/mol. The van der Waals surface area contributed by atoms with E-state index in [1.54, 1.807) is 41.2 Å². The van der Waals surface area contributed by atoms with Crippen LogP contribution < -0.4 is 21.7 Å². The Morgan fingerprint density at radius 2 is 1.70 bits per heavy atom. The number of amides is 5. The molecule has 5 rings (SSSR count). The average Bonchev–Trinajstić information content (AvgIpc) is 3.40. The number of primary amides is 1. The van der Waals surface area contributed by atoms with E-state index in [1.165, 1.54) is 11.0 Å². The first-order chi connectivity index (χ1) is 20.8. The van der Waals surface area contributed by atoms with Crippen LogP contribution in [0, 0.1) is 22.0 Å². The van der Waals surface area contributed by atoms with Gasteiger partial charge in [0.1, 0.15) is 6.04 Å². The van der Waals surface area contributed by atoms with Crippen molar-refractivity contribution in [3.8, 4) is 0 Å². The van der Waals surface area contributed by atoms with Crippen LogP contribution in [-0.4, -0.2) is 56.5 Å². The Balaban J connectivity index is 1.32. The molecule has 43 heavy (non-hydrogen) atoms. The number of hydrogen-bond donors (Lipinski definition) is 4. The van der Waals surface area contributed by atoms with Crippen molar-refractivity contribution in [2.24, 2.45) is 17.6 Å². The van der Waals surface area contributed by atoms with Crippen molar-refractivity contribution in [2.45, 2.75) is 51.2 Å². The minimum atomic E-state index is -0.790. The predicted octanol–water partition coefficient (Wildman–Crippen LogP) is 3.39. The van der Waals surface area contributed by atoms with Crippen LogP contribution in [0.3, 0.4) is 0 Å². The largest absolute Gasteiger partial charge is 0.354 e.